The second-order valence-electron chi connectivity index (χ2n) is 4.64. The normalized spacial score (nSPS) is 12.5. The molecule has 0 aliphatic rings. The molecule has 2 aromatic rings. The van der Waals surface area contributed by atoms with Crippen molar-refractivity contribution in [3.8, 4) is 11.1 Å². The summed E-state index contributed by atoms with van der Waals surface area (Å²) in [6.45, 7) is 0. The van der Waals surface area contributed by atoms with Gasteiger partial charge in [-0.15, -0.1) is 0 Å². The molecule has 0 aliphatic carbocycles. The smallest absolute Gasteiger partial charge is 0.386 e. The van der Waals surface area contributed by atoms with Crippen molar-refractivity contribution in [2.24, 2.45) is 0 Å². The van der Waals surface area contributed by atoms with Crippen molar-refractivity contribution >= 4 is 14.0 Å². The predicted molar refractivity (Wildman–Crippen MR) is 78.5 cm³/mol. The third-order valence-electron chi connectivity index (χ3n) is 3.35. The third-order valence-corrected chi connectivity index (χ3v) is 5.52. The zero-order chi connectivity index (χ0) is 16.4. The lowest BCUT2D eigenvalue weighted by molar-refractivity contribution is -0.137. The van der Waals surface area contributed by atoms with Gasteiger partial charge in [0.25, 0.3) is 0 Å². The SMILES string of the molecule is CO[Si](O)(OC)c1ccc(-c2ccc(C(F)(F)F)cc2)cc1. The highest BCUT2D eigenvalue weighted by atomic mass is 28.4. The Bertz CT molecular complexity index is 620. The van der Waals surface area contributed by atoms with E-state index in [1.807, 2.05) is 0 Å². The molecule has 22 heavy (non-hydrogen) atoms. The summed E-state index contributed by atoms with van der Waals surface area (Å²) in [5.41, 5.74) is 0.703. The largest absolute Gasteiger partial charge is 0.533 e. The first-order chi connectivity index (χ1) is 10.3. The van der Waals surface area contributed by atoms with Crippen LogP contribution in [0, 0.1) is 0 Å². The Hall–Kier alpha value is -1.67. The predicted octanol–water partition coefficient (Wildman–Crippen LogP) is 2.80. The van der Waals surface area contributed by atoms with Crippen molar-refractivity contribution in [2.45, 2.75) is 6.18 Å². The Morgan fingerprint density at radius 3 is 1.59 bits per heavy atom. The van der Waals surface area contributed by atoms with E-state index in [-0.39, 0.29) is 0 Å². The molecule has 7 heteroatoms. The van der Waals surface area contributed by atoms with Gasteiger partial charge in [-0.25, -0.2) is 0 Å². The topological polar surface area (TPSA) is 38.7 Å². The molecule has 0 saturated carbocycles. The average Bonchev–Trinajstić information content (AvgIpc) is 2.53. The van der Waals surface area contributed by atoms with E-state index in [1.165, 1.54) is 26.4 Å². The maximum atomic E-state index is 12.5. The van der Waals surface area contributed by atoms with Crippen molar-refractivity contribution in [1.29, 1.82) is 0 Å². The molecule has 2 rings (SSSR count). The van der Waals surface area contributed by atoms with E-state index in [2.05, 4.69) is 0 Å². The quantitative estimate of drug-likeness (QED) is 0.877. The van der Waals surface area contributed by atoms with Crippen LogP contribution in [0.2, 0.25) is 0 Å². The molecule has 0 saturated heterocycles. The van der Waals surface area contributed by atoms with Crippen LogP contribution in [0.3, 0.4) is 0 Å². The molecule has 0 heterocycles. The minimum atomic E-state index is -4.35. The molecule has 2 aromatic carbocycles. The number of hydrogen-bond acceptors (Lipinski definition) is 3. The monoisotopic (exact) mass is 328 g/mol. The Morgan fingerprint density at radius 2 is 1.23 bits per heavy atom. The van der Waals surface area contributed by atoms with Crippen LogP contribution < -0.4 is 5.19 Å². The average molecular weight is 328 g/mol. The van der Waals surface area contributed by atoms with E-state index in [9.17, 15) is 18.0 Å². The van der Waals surface area contributed by atoms with Crippen LogP contribution in [0.5, 0.6) is 0 Å². The van der Waals surface area contributed by atoms with E-state index in [1.54, 1.807) is 24.3 Å². The van der Waals surface area contributed by atoms with Crippen molar-refractivity contribution < 1.29 is 26.8 Å². The minimum Gasteiger partial charge on any atom is -0.386 e. The van der Waals surface area contributed by atoms with Crippen LogP contribution in [0.15, 0.2) is 48.5 Å². The highest BCUT2D eigenvalue weighted by Gasteiger charge is 2.37. The summed E-state index contributed by atoms with van der Waals surface area (Å²) in [5.74, 6) is 0. The number of hydrogen-bond donors (Lipinski definition) is 1. The molecular formula is C15H15F3O3Si. The van der Waals surface area contributed by atoms with Crippen LogP contribution in [0.25, 0.3) is 11.1 Å². The number of halogens is 3. The summed E-state index contributed by atoms with van der Waals surface area (Å²) in [4.78, 5) is 10.2. The highest BCUT2D eigenvalue weighted by molar-refractivity contribution is 6.74. The summed E-state index contributed by atoms with van der Waals surface area (Å²) >= 11 is 0. The summed E-state index contributed by atoms with van der Waals surface area (Å²) in [5, 5.41) is 0.521. The molecule has 3 nitrogen and oxygen atoms in total. The maximum absolute atomic E-state index is 12.5. The third kappa shape index (κ3) is 3.38. The van der Waals surface area contributed by atoms with Crippen molar-refractivity contribution in [3.63, 3.8) is 0 Å². The van der Waals surface area contributed by atoms with E-state index in [0.717, 1.165) is 17.7 Å². The summed E-state index contributed by atoms with van der Waals surface area (Å²) in [7, 11) is -0.659. The molecule has 0 radical (unpaired) electrons. The van der Waals surface area contributed by atoms with Gasteiger partial charge >= 0.3 is 15.0 Å². The van der Waals surface area contributed by atoms with Crippen LogP contribution in [0.1, 0.15) is 5.56 Å². The van der Waals surface area contributed by atoms with Crippen LogP contribution >= 0.6 is 0 Å². The lowest BCUT2D eigenvalue weighted by Gasteiger charge is -2.20. The molecule has 0 atom stereocenters. The van der Waals surface area contributed by atoms with Gasteiger partial charge in [0.1, 0.15) is 0 Å². The first kappa shape index (κ1) is 16.7. The Kier molecular flexibility index (Phi) is 4.71. The van der Waals surface area contributed by atoms with Crippen LogP contribution in [-0.2, 0) is 15.0 Å². The van der Waals surface area contributed by atoms with Crippen LogP contribution in [-0.4, -0.2) is 27.8 Å². The summed E-state index contributed by atoms with van der Waals surface area (Å²) < 4.78 is 47.6. The van der Waals surface area contributed by atoms with Gasteiger partial charge in [0.15, 0.2) is 0 Å². The first-order valence-corrected chi connectivity index (χ1v) is 8.17. The molecule has 0 spiro atoms. The summed E-state index contributed by atoms with van der Waals surface area (Å²) in [6, 6.07) is 11.6. The molecule has 118 valence electrons. The van der Waals surface area contributed by atoms with E-state index >= 15 is 0 Å². The minimum absolute atomic E-state index is 0.521. The molecular weight excluding hydrogens is 313 g/mol. The molecule has 0 aliphatic heterocycles. The van der Waals surface area contributed by atoms with E-state index in [0.29, 0.717) is 10.8 Å². The zero-order valence-electron chi connectivity index (χ0n) is 12.0. The lowest BCUT2D eigenvalue weighted by atomic mass is 10.0. The zero-order valence-corrected chi connectivity index (χ0v) is 13.0. The number of alkyl halides is 3. The standard InChI is InChI=1S/C15H15F3O3Si/c1-20-22(19,21-2)14-9-5-12(6-10-14)11-3-7-13(8-4-11)15(16,17)18/h3-10,19H,1-2H3. The Morgan fingerprint density at radius 1 is 0.818 bits per heavy atom. The highest BCUT2D eigenvalue weighted by Crippen LogP contribution is 2.30. The Labute approximate surface area is 127 Å². The fourth-order valence-electron chi connectivity index (χ4n) is 2.04. The molecule has 0 aromatic heterocycles. The van der Waals surface area contributed by atoms with Gasteiger partial charge in [-0.1, -0.05) is 36.4 Å². The second-order valence-corrected chi connectivity index (χ2v) is 7.20. The lowest BCUT2D eigenvalue weighted by Crippen LogP contribution is -2.52. The fourth-order valence-corrected chi connectivity index (χ4v) is 3.27. The maximum Gasteiger partial charge on any atom is 0.533 e. The van der Waals surface area contributed by atoms with Crippen molar-refractivity contribution in [2.75, 3.05) is 14.2 Å². The van der Waals surface area contributed by atoms with E-state index < -0.39 is 20.5 Å². The second kappa shape index (κ2) is 6.21. The van der Waals surface area contributed by atoms with Crippen LogP contribution in [0.4, 0.5) is 13.2 Å². The van der Waals surface area contributed by atoms with Gasteiger partial charge in [0.2, 0.25) is 0 Å². The molecule has 1 N–H and O–H groups in total. The molecule has 0 unspecified atom stereocenters. The van der Waals surface area contributed by atoms with Gasteiger partial charge in [0.05, 0.1) is 5.56 Å². The first-order valence-electron chi connectivity index (χ1n) is 6.41. The van der Waals surface area contributed by atoms with Crippen molar-refractivity contribution in [1.82, 2.24) is 0 Å². The van der Waals surface area contributed by atoms with Gasteiger partial charge in [-0.3, -0.25) is 0 Å². The number of benzene rings is 2. The molecule has 0 fully saturated rings. The Balaban J connectivity index is 2.28. The summed E-state index contributed by atoms with van der Waals surface area (Å²) in [6.07, 6.45) is -4.35. The van der Waals surface area contributed by atoms with E-state index in [4.69, 9.17) is 8.85 Å². The molecule has 0 bridgehead atoms. The van der Waals surface area contributed by atoms with Gasteiger partial charge < -0.3 is 13.6 Å². The van der Waals surface area contributed by atoms with Gasteiger partial charge in [-0.05, 0) is 23.3 Å². The van der Waals surface area contributed by atoms with Gasteiger partial charge in [-0.2, -0.15) is 13.2 Å². The fraction of sp³-hybridized carbons (Fsp3) is 0.200. The van der Waals surface area contributed by atoms with Gasteiger partial charge in [0, 0.05) is 19.4 Å². The molecule has 0 amide bonds. The van der Waals surface area contributed by atoms with Crippen molar-refractivity contribution in [3.05, 3.63) is 54.1 Å². The number of rotatable bonds is 4.